The lowest BCUT2D eigenvalue weighted by Gasteiger charge is -2.35. The van der Waals surface area contributed by atoms with Crippen LogP contribution in [0.5, 0.6) is 0 Å². The number of thiazole rings is 1. The highest BCUT2D eigenvalue weighted by atomic mass is 79.9. The average Bonchev–Trinajstić information content (AvgIpc) is 3.32. The zero-order valence-electron chi connectivity index (χ0n) is 15.6. The minimum Gasteiger partial charge on any atom is -0.480 e. The van der Waals surface area contributed by atoms with E-state index in [0.717, 1.165) is 50.8 Å². The summed E-state index contributed by atoms with van der Waals surface area (Å²) in [6.45, 7) is 1.48. The normalized spacial score (nSPS) is 19.0. The number of nitrogens with one attached hydrogen (secondary N) is 1. The number of carboxylic acids is 1. The van der Waals surface area contributed by atoms with Crippen LogP contribution in [0.25, 0.3) is 21.1 Å². The first-order chi connectivity index (χ1) is 14.1. The van der Waals surface area contributed by atoms with Gasteiger partial charge in [-0.3, -0.25) is 9.69 Å². The second-order valence-electron chi connectivity index (χ2n) is 7.53. The van der Waals surface area contributed by atoms with E-state index in [4.69, 9.17) is 4.98 Å². The Hall–Kier alpha value is -2.22. The molecule has 1 aliphatic heterocycles. The number of aromatic amines is 1. The fourth-order valence-electron chi connectivity index (χ4n) is 4.33. The summed E-state index contributed by atoms with van der Waals surface area (Å²) >= 11 is 5.24. The maximum Gasteiger partial charge on any atom is 0.325 e. The molecule has 2 aromatic heterocycles. The van der Waals surface area contributed by atoms with Gasteiger partial charge in [0.05, 0.1) is 15.2 Å². The minimum atomic E-state index is -0.809. The van der Waals surface area contributed by atoms with E-state index in [1.807, 2.05) is 42.6 Å². The summed E-state index contributed by atoms with van der Waals surface area (Å²) in [5.41, 5.74) is 2.80. The summed E-state index contributed by atoms with van der Waals surface area (Å²) < 4.78 is 2.14. The number of aromatic nitrogens is 2. The summed E-state index contributed by atoms with van der Waals surface area (Å²) in [6.07, 6.45) is 3.86. The SMILES string of the molecule is O=C(O)C(c1c[nH]c2ccc(Br)cc12)N1CCCC(c2nc3ccccc3s2)C1. The van der Waals surface area contributed by atoms with Gasteiger partial charge in [-0.1, -0.05) is 28.1 Å². The number of rotatable bonds is 4. The number of aliphatic carboxylic acids is 1. The Kier molecular flexibility index (Phi) is 4.89. The highest BCUT2D eigenvalue weighted by molar-refractivity contribution is 9.10. The third-order valence-corrected chi connectivity index (χ3v) is 7.37. The molecule has 3 heterocycles. The molecule has 2 N–H and O–H groups in total. The molecule has 29 heavy (non-hydrogen) atoms. The molecule has 1 fully saturated rings. The molecule has 148 valence electrons. The van der Waals surface area contributed by atoms with E-state index in [2.05, 4.69) is 31.9 Å². The Morgan fingerprint density at radius 1 is 1.31 bits per heavy atom. The van der Waals surface area contributed by atoms with E-state index >= 15 is 0 Å². The molecule has 0 bridgehead atoms. The van der Waals surface area contributed by atoms with Gasteiger partial charge in [0.2, 0.25) is 0 Å². The van der Waals surface area contributed by atoms with Crippen LogP contribution in [0.3, 0.4) is 0 Å². The van der Waals surface area contributed by atoms with E-state index in [9.17, 15) is 9.90 Å². The van der Waals surface area contributed by atoms with E-state index in [1.54, 1.807) is 11.3 Å². The van der Waals surface area contributed by atoms with Crippen LogP contribution >= 0.6 is 27.3 Å². The number of para-hydroxylation sites is 1. The molecule has 0 spiro atoms. The number of carbonyl (C=O) groups is 1. The molecule has 2 unspecified atom stereocenters. The van der Waals surface area contributed by atoms with Crippen LogP contribution in [0.2, 0.25) is 0 Å². The smallest absolute Gasteiger partial charge is 0.325 e. The van der Waals surface area contributed by atoms with Gasteiger partial charge < -0.3 is 10.1 Å². The lowest BCUT2D eigenvalue weighted by molar-refractivity contribution is -0.144. The number of halogens is 1. The average molecular weight is 470 g/mol. The number of nitrogens with zero attached hydrogens (tertiary/aromatic N) is 2. The number of likely N-dealkylation sites (tertiary alicyclic amines) is 1. The van der Waals surface area contributed by atoms with Crippen LogP contribution in [0.4, 0.5) is 0 Å². The first-order valence-corrected chi connectivity index (χ1v) is 11.3. The van der Waals surface area contributed by atoms with Gasteiger partial charge in [-0.15, -0.1) is 11.3 Å². The Morgan fingerprint density at radius 3 is 3.00 bits per heavy atom. The van der Waals surface area contributed by atoms with Crippen molar-refractivity contribution in [3.05, 3.63) is 63.7 Å². The van der Waals surface area contributed by atoms with Gasteiger partial charge in [0, 0.05) is 39.6 Å². The largest absolute Gasteiger partial charge is 0.480 e. The number of carboxylic acid groups (broad SMARTS) is 1. The predicted molar refractivity (Wildman–Crippen MR) is 120 cm³/mol. The van der Waals surface area contributed by atoms with Crippen molar-refractivity contribution in [3.8, 4) is 0 Å². The number of benzene rings is 2. The van der Waals surface area contributed by atoms with Crippen molar-refractivity contribution in [1.82, 2.24) is 14.9 Å². The first kappa shape index (κ1) is 18.8. The van der Waals surface area contributed by atoms with Gasteiger partial charge in [0.15, 0.2) is 0 Å². The Labute approximate surface area is 180 Å². The summed E-state index contributed by atoms with van der Waals surface area (Å²) in [4.78, 5) is 22.5. The maximum absolute atomic E-state index is 12.3. The van der Waals surface area contributed by atoms with E-state index < -0.39 is 12.0 Å². The predicted octanol–water partition coefficient (Wildman–Crippen LogP) is 5.55. The molecule has 0 radical (unpaired) electrons. The van der Waals surface area contributed by atoms with Crippen molar-refractivity contribution in [2.24, 2.45) is 0 Å². The van der Waals surface area contributed by atoms with E-state index in [1.165, 1.54) is 4.70 Å². The Morgan fingerprint density at radius 2 is 2.17 bits per heavy atom. The van der Waals surface area contributed by atoms with Gasteiger partial charge >= 0.3 is 5.97 Å². The zero-order chi connectivity index (χ0) is 20.0. The molecule has 0 saturated carbocycles. The molecule has 5 nitrogen and oxygen atoms in total. The van der Waals surface area contributed by atoms with Gasteiger partial charge in [-0.2, -0.15) is 0 Å². The highest BCUT2D eigenvalue weighted by Crippen LogP contribution is 2.37. The molecule has 0 amide bonds. The lowest BCUT2D eigenvalue weighted by atomic mass is 9.95. The fraction of sp³-hybridized carbons (Fsp3) is 0.273. The quantitative estimate of drug-likeness (QED) is 0.411. The van der Waals surface area contributed by atoms with Crippen molar-refractivity contribution < 1.29 is 9.90 Å². The number of H-pyrrole nitrogens is 1. The number of hydrogen-bond donors (Lipinski definition) is 2. The van der Waals surface area contributed by atoms with Crippen LogP contribution < -0.4 is 0 Å². The molecule has 2 aromatic carbocycles. The second-order valence-corrected chi connectivity index (χ2v) is 9.51. The van der Waals surface area contributed by atoms with Gasteiger partial charge in [0.1, 0.15) is 6.04 Å². The van der Waals surface area contributed by atoms with Crippen LogP contribution in [0, 0.1) is 0 Å². The van der Waals surface area contributed by atoms with Gasteiger partial charge in [0.25, 0.3) is 0 Å². The van der Waals surface area contributed by atoms with Crippen LogP contribution in [0.15, 0.2) is 53.1 Å². The zero-order valence-corrected chi connectivity index (χ0v) is 18.0. The molecule has 1 aliphatic rings. The van der Waals surface area contributed by atoms with Crippen LogP contribution in [0.1, 0.15) is 35.4 Å². The Balaban J connectivity index is 1.48. The Bertz CT molecular complexity index is 1170. The molecular formula is C22H20BrN3O2S. The fourth-order valence-corrected chi connectivity index (χ4v) is 5.79. The van der Waals surface area contributed by atoms with E-state index in [0.29, 0.717) is 6.54 Å². The number of piperidine rings is 1. The van der Waals surface area contributed by atoms with Crippen molar-refractivity contribution in [2.75, 3.05) is 13.1 Å². The monoisotopic (exact) mass is 469 g/mol. The van der Waals surface area contributed by atoms with Crippen LogP contribution in [-0.2, 0) is 4.79 Å². The molecule has 4 aromatic rings. The second kappa shape index (κ2) is 7.55. The van der Waals surface area contributed by atoms with Gasteiger partial charge in [-0.05, 0) is 49.7 Å². The molecule has 1 saturated heterocycles. The van der Waals surface area contributed by atoms with Crippen molar-refractivity contribution in [1.29, 1.82) is 0 Å². The number of fused-ring (bicyclic) bond motifs is 2. The third kappa shape index (κ3) is 3.47. The maximum atomic E-state index is 12.3. The lowest BCUT2D eigenvalue weighted by Crippen LogP contribution is -2.40. The topological polar surface area (TPSA) is 69.2 Å². The van der Waals surface area contributed by atoms with Crippen molar-refractivity contribution >= 4 is 54.4 Å². The first-order valence-electron chi connectivity index (χ1n) is 9.69. The van der Waals surface area contributed by atoms with Crippen molar-refractivity contribution in [3.63, 3.8) is 0 Å². The summed E-state index contributed by atoms with van der Waals surface area (Å²) in [6, 6.07) is 13.4. The molecule has 2 atom stereocenters. The third-order valence-electron chi connectivity index (χ3n) is 5.68. The molecule has 5 rings (SSSR count). The van der Waals surface area contributed by atoms with Crippen molar-refractivity contribution in [2.45, 2.75) is 24.8 Å². The minimum absolute atomic E-state index is 0.264. The summed E-state index contributed by atoms with van der Waals surface area (Å²) in [5.74, 6) is -0.546. The molecule has 0 aliphatic carbocycles. The molecule has 7 heteroatoms. The standard InChI is InChI=1S/C22H20BrN3O2S/c23-14-7-8-17-15(10-14)16(11-24-17)20(22(27)28)26-9-3-4-13(12-26)21-25-18-5-1-2-6-19(18)29-21/h1-2,5-8,10-11,13,20,24H,3-4,9,12H2,(H,27,28). The highest BCUT2D eigenvalue weighted by Gasteiger charge is 2.34. The number of hydrogen-bond acceptors (Lipinski definition) is 4. The summed E-state index contributed by atoms with van der Waals surface area (Å²) in [5, 5.41) is 12.2. The summed E-state index contributed by atoms with van der Waals surface area (Å²) in [7, 11) is 0. The molecular weight excluding hydrogens is 450 g/mol. The van der Waals surface area contributed by atoms with E-state index in [-0.39, 0.29) is 5.92 Å². The van der Waals surface area contributed by atoms with Gasteiger partial charge in [-0.25, -0.2) is 4.98 Å². The van der Waals surface area contributed by atoms with Crippen LogP contribution in [-0.4, -0.2) is 39.0 Å².